The van der Waals surface area contributed by atoms with E-state index in [9.17, 15) is 9.59 Å². The highest BCUT2D eigenvalue weighted by Gasteiger charge is 2.22. The van der Waals surface area contributed by atoms with E-state index in [4.69, 9.17) is 16.3 Å². The van der Waals surface area contributed by atoms with Crippen LogP contribution in [0.25, 0.3) is 0 Å². The molecule has 0 saturated carbocycles. The van der Waals surface area contributed by atoms with E-state index in [0.717, 1.165) is 5.56 Å². The molecule has 0 spiro atoms. The highest BCUT2D eigenvalue weighted by Crippen LogP contribution is 2.09. The number of methoxy groups -OCH3 is 1. The van der Waals surface area contributed by atoms with Crippen LogP contribution in [0.15, 0.2) is 24.3 Å². The third-order valence-corrected chi connectivity index (χ3v) is 3.36. The second kappa shape index (κ2) is 9.30. The average molecular weight is 327 g/mol. The summed E-state index contributed by atoms with van der Waals surface area (Å²) < 4.78 is 4.71. The summed E-state index contributed by atoms with van der Waals surface area (Å²) in [6.45, 7) is 4.44. The number of carbonyl (C=O) groups excluding carboxylic acids is 2. The molecule has 1 aromatic rings. The summed E-state index contributed by atoms with van der Waals surface area (Å²) in [6.07, 6.45) is 1.23. The molecule has 0 bridgehead atoms. The minimum atomic E-state index is -0.625. The van der Waals surface area contributed by atoms with Crippen molar-refractivity contribution in [2.24, 2.45) is 5.92 Å². The van der Waals surface area contributed by atoms with Crippen LogP contribution >= 0.6 is 11.6 Å². The lowest BCUT2D eigenvalue weighted by Gasteiger charge is -2.18. The van der Waals surface area contributed by atoms with E-state index in [1.807, 2.05) is 38.1 Å². The molecule has 0 unspecified atom stereocenters. The van der Waals surface area contributed by atoms with Gasteiger partial charge in [-0.2, -0.15) is 0 Å². The van der Waals surface area contributed by atoms with E-state index in [1.165, 1.54) is 7.11 Å². The van der Waals surface area contributed by atoms with Crippen LogP contribution in [0.5, 0.6) is 0 Å². The van der Waals surface area contributed by atoms with E-state index in [-0.39, 0.29) is 11.9 Å². The van der Waals surface area contributed by atoms with Crippen molar-refractivity contribution < 1.29 is 14.3 Å². The lowest BCUT2D eigenvalue weighted by molar-refractivity contribution is -0.143. The molecule has 122 valence electrons. The SMILES string of the molecule is COC(=O)[C@H](CC(C)C)NC(=O)NCCc1ccc(Cl)cc1. The summed E-state index contributed by atoms with van der Waals surface area (Å²) in [4.78, 5) is 23.5. The Labute approximate surface area is 136 Å². The van der Waals surface area contributed by atoms with Crippen LogP contribution in [0.2, 0.25) is 5.02 Å². The van der Waals surface area contributed by atoms with Crippen LogP contribution in [0.3, 0.4) is 0 Å². The van der Waals surface area contributed by atoms with Crippen molar-refractivity contribution in [3.05, 3.63) is 34.9 Å². The standard InChI is InChI=1S/C16H23ClN2O3/c1-11(2)10-14(15(20)22-3)19-16(21)18-9-8-12-4-6-13(17)7-5-12/h4-7,11,14H,8-10H2,1-3H3,(H2,18,19,21)/t14-/m0/s1. The third-order valence-electron chi connectivity index (χ3n) is 3.11. The molecule has 5 nitrogen and oxygen atoms in total. The quantitative estimate of drug-likeness (QED) is 0.757. The van der Waals surface area contributed by atoms with Crippen molar-refractivity contribution in [3.63, 3.8) is 0 Å². The number of urea groups is 1. The second-order valence-electron chi connectivity index (χ2n) is 5.48. The number of benzene rings is 1. The lowest BCUT2D eigenvalue weighted by Crippen LogP contribution is -2.47. The Morgan fingerprint density at radius 2 is 1.86 bits per heavy atom. The maximum Gasteiger partial charge on any atom is 0.328 e. The Bertz CT molecular complexity index is 489. The van der Waals surface area contributed by atoms with E-state index in [2.05, 4.69) is 10.6 Å². The number of hydrogen-bond acceptors (Lipinski definition) is 3. The first-order valence-electron chi connectivity index (χ1n) is 7.29. The van der Waals surface area contributed by atoms with Crippen molar-refractivity contribution in [2.45, 2.75) is 32.7 Å². The minimum absolute atomic E-state index is 0.276. The number of hydrogen-bond donors (Lipinski definition) is 2. The molecule has 0 aliphatic carbocycles. The van der Waals surface area contributed by atoms with Gasteiger partial charge in [-0.3, -0.25) is 0 Å². The lowest BCUT2D eigenvalue weighted by atomic mass is 10.0. The molecule has 0 radical (unpaired) electrons. The average Bonchev–Trinajstić information content (AvgIpc) is 2.47. The Hall–Kier alpha value is -1.75. The van der Waals surface area contributed by atoms with Crippen molar-refractivity contribution in [2.75, 3.05) is 13.7 Å². The van der Waals surface area contributed by atoms with Gasteiger partial charge in [-0.25, -0.2) is 9.59 Å². The first-order chi connectivity index (χ1) is 10.4. The highest BCUT2D eigenvalue weighted by molar-refractivity contribution is 6.30. The van der Waals surface area contributed by atoms with Crippen molar-refractivity contribution >= 4 is 23.6 Å². The zero-order chi connectivity index (χ0) is 16.5. The molecule has 1 atom stereocenters. The number of ether oxygens (including phenoxy) is 1. The van der Waals surface area contributed by atoms with Gasteiger partial charge in [0.05, 0.1) is 7.11 Å². The fourth-order valence-corrected chi connectivity index (χ4v) is 2.13. The van der Waals surface area contributed by atoms with Crippen LogP contribution in [-0.2, 0) is 16.0 Å². The zero-order valence-corrected chi connectivity index (χ0v) is 13.9. The monoisotopic (exact) mass is 326 g/mol. The second-order valence-corrected chi connectivity index (χ2v) is 5.92. The summed E-state index contributed by atoms with van der Waals surface area (Å²) in [5, 5.41) is 6.07. The molecule has 1 rings (SSSR count). The van der Waals surface area contributed by atoms with Crippen LogP contribution in [-0.4, -0.2) is 31.7 Å². The predicted molar refractivity (Wildman–Crippen MR) is 86.9 cm³/mol. The number of nitrogens with one attached hydrogen (secondary N) is 2. The van der Waals surface area contributed by atoms with Crippen LogP contribution in [0.1, 0.15) is 25.8 Å². The summed E-state index contributed by atoms with van der Waals surface area (Å²) in [6, 6.07) is 6.46. The van der Waals surface area contributed by atoms with Gasteiger partial charge >= 0.3 is 12.0 Å². The topological polar surface area (TPSA) is 67.4 Å². The molecule has 2 N–H and O–H groups in total. The van der Waals surface area contributed by atoms with Gasteiger partial charge in [-0.1, -0.05) is 37.6 Å². The smallest absolute Gasteiger partial charge is 0.328 e. The Kier molecular flexibility index (Phi) is 7.74. The molecule has 0 aromatic heterocycles. The van der Waals surface area contributed by atoms with Crippen molar-refractivity contribution in [3.8, 4) is 0 Å². The van der Waals surface area contributed by atoms with Gasteiger partial charge in [0.15, 0.2) is 0 Å². The predicted octanol–water partition coefficient (Wildman–Crippen LogP) is 2.77. The molecule has 0 fully saturated rings. The summed E-state index contributed by atoms with van der Waals surface area (Å²) in [7, 11) is 1.32. The molecule has 6 heteroatoms. The summed E-state index contributed by atoms with van der Waals surface area (Å²) in [5.41, 5.74) is 1.08. The normalized spacial score (nSPS) is 11.9. The fourth-order valence-electron chi connectivity index (χ4n) is 2.01. The number of rotatable bonds is 7. The Morgan fingerprint density at radius 3 is 2.41 bits per heavy atom. The van der Waals surface area contributed by atoms with E-state index >= 15 is 0 Å². The Balaban J connectivity index is 2.39. The van der Waals surface area contributed by atoms with Crippen LogP contribution in [0, 0.1) is 5.92 Å². The number of esters is 1. The van der Waals surface area contributed by atoms with Gasteiger partial charge in [-0.05, 0) is 36.5 Å². The minimum Gasteiger partial charge on any atom is -0.467 e. The van der Waals surface area contributed by atoms with E-state index in [1.54, 1.807) is 0 Å². The van der Waals surface area contributed by atoms with Crippen molar-refractivity contribution in [1.29, 1.82) is 0 Å². The number of amides is 2. The van der Waals surface area contributed by atoms with Gasteiger partial charge in [0.1, 0.15) is 6.04 Å². The first-order valence-corrected chi connectivity index (χ1v) is 7.66. The maximum absolute atomic E-state index is 11.8. The Morgan fingerprint density at radius 1 is 1.23 bits per heavy atom. The zero-order valence-electron chi connectivity index (χ0n) is 13.2. The fraction of sp³-hybridized carbons (Fsp3) is 0.500. The molecule has 0 aliphatic rings. The molecule has 22 heavy (non-hydrogen) atoms. The maximum atomic E-state index is 11.8. The molecular weight excluding hydrogens is 304 g/mol. The molecule has 1 aromatic carbocycles. The largest absolute Gasteiger partial charge is 0.467 e. The molecular formula is C16H23ClN2O3. The van der Waals surface area contributed by atoms with Crippen LogP contribution in [0.4, 0.5) is 4.79 Å². The molecule has 2 amide bonds. The number of carbonyl (C=O) groups is 2. The molecule has 0 saturated heterocycles. The summed E-state index contributed by atoms with van der Waals surface area (Å²) >= 11 is 5.81. The van der Waals surface area contributed by atoms with Gasteiger partial charge in [-0.15, -0.1) is 0 Å². The van der Waals surface area contributed by atoms with Gasteiger partial charge in [0.2, 0.25) is 0 Å². The number of halogens is 1. The van der Waals surface area contributed by atoms with Crippen molar-refractivity contribution in [1.82, 2.24) is 10.6 Å². The van der Waals surface area contributed by atoms with E-state index < -0.39 is 12.0 Å². The molecule has 0 heterocycles. The van der Waals surface area contributed by atoms with E-state index in [0.29, 0.717) is 24.4 Å². The van der Waals surface area contributed by atoms with Gasteiger partial charge in [0, 0.05) is 11.6 Å². The molecule has 0 aliphatic heterocycles. The third kappa shape index (κ3) is 6.80. The summed E-state index contributed by atoms with van der Waals surface area (Å²) in [5.74, 6) is -0.153. The van der Waals surface area contributed by atoms with Gasteiger partial charge < -0.3 is 15.4 Å². The van der Waals surface area contributed by atoms with Gasteiger partial charge in [0.25, 0.3) is 0 Å². The van der Waals surface area contributed by atoms with Crippen LogP contribution < -0.4 is 10.6 Å². The highest BCUT2D eigenvalue weighted by atomic mass is 35.5. The first kappa shape index (κ1) is 18.3.